The lowest BCUT2D eigenvalue weighted by atomic mass is 10.2. The van der Waals surface area contributed by atoms with Gasteiger partial charge >= 0.3 is 10.2 Å². The Kier molecular flexibility index (Phi) is 4.51. The predicted molar refractivity (Wildman–Crippen MR) is 77.6 cm³/mol. The minimum atomic E-state index is -4.69. The van der Waals surface area contributed by atoms with Gasteiger partial charge in [0, 0.05) is 18.7 Å². The smallest absolute Gasteiger partial charge is 0.307 e. The van der Waals surface area contributed by atoms with Gasteiger partial charge in [-0.25, -0.2) is 0 Å². The van der Waals surface area contributed by atoms with Gasteiger partial charge in [0.2, 0.25) is 5.91 Å². The third-order valence-electron chi connectivity index (χ3n) is 3.55. The van der Waals surface area contributed by atoms with Crippen LogP contribution in [0.5, 0.6) is 5.75 Å². The van der Waals surface area contributed by atoms with Crippen molar-refractivity contribution >= 4 is 21.8 Å². The number of halogens is 1. The standard InChI is InChI=1S/C14H18FNO4S/c1-3-10(2)20-12-6-4-11(5-7-12)16-9-13(8-14(16)17)21(15,18)19/h4-7,10,13H,3,8-9H2,1-2H3. The van der Waals surface area contributed by atoms with Crippen LogP contribution in [-0.2, 0) is 15.0 Å². The molecule has 1 aromatic carbocycles. The van der Waals surface area contributed by atoms with Crippen molar-refractivity contribution in [2.45, 2.75) is 38.0 Å². The van der Waals surface area contributed by atoms with Crippen molar-refractivity contribution in [3.05, 3.63) is 24.3 Å². The first kappa shape index (κ1) is 15.8. The molecule has 0 saturated carbocycles. The number of carbonyl (C=O) groups is 1. The fourth-order valence-electron chi connectivity index (χ4n) is 2.13. The Labute approximate surface area is 123 Å². The summed E-state index contributed by atoms with van der Waals surface area (Å²) in [5.74, 6) is 0.284. The third-order valence-corrected chi connectivity index (χ3v) is 4.66. The lowest BCUT2D eigenvalue weighted by Crippen LogP contribution is -2.26. The highest BCUT2D eigenvalue weighted by Gasteiger charge is 2.39. The number of amides is 1. The zero-order chi connectivity index (χ0) is 15.6. The molecule has 1 aromatic rings. The molecule has 5 nitrogen and oxygen atoms in total. The molecule has 0 bridgehead atoms. The summed E-state index contributed by atoms with van der Waals surface area (Å²) in [5.41, 5.74) is 0.544. The monoisotopic (exact) mass is 315 g/mol. The molecule has 7 heteroatoms. The largest absolute Gasteiger partial charge is 0.491 e. The SMILES string of the molecule is CCC(C)Oc1ccc(N2CC(S(=O)(=O)F)CC2=O)cc1. The van der Waals surface area contributed by atoms with Gasteiger partial charge in [-0.1, -0.05) is 6.92 Å². The van der Waals surface area contributed by atoms with Gasteiger partial charge in [0.1, 0.15) is 11.0 Å². The molecule has 2 unspecified atom stereocenters. The second kappa shape index (κ2) is 6.01. The van der Waals surface area contributed by atoms with Crippen molar-refractivity contribution in [2.24, 2.45) is 0 Å². The molecular weight excluding hydrogens is 297 g/mol. The van der Waals surface area contributed by atoms with Crippen molar-refractivity contribution in [3.8, 4) is 5.75 Å². The topological polar surface area (TPSA) is 63.7 Å². The average Bonchev–Trinajstić information content (AvgIpc) is 2.81. The number of carbonyl (C=O) groups excluding carboxylic acids is 1. The van der Waals surface area contributed by atoms with E-state index in [1.54, 1.807) is 24.3 Å². The number of benzene rings is 1. The van der Waals surface area contributed by atoms with Crippen LogP contribution in [0.1, 0.15) is 26.7 Å². The quantitative estimate of drug-likeness (QED) is 0.782. The summed E-state index contributed by atoms with van der Waals surface area (Å²) in [4.78, 5) is 13.1. The maximum atomic E-state index is 13.0. The Bertz CT molecular complexity index is 614. The molecule has 2 rings (SSSR count). The van der Waals surface area contributed by atoms with Gasteiger partial charge < -0.3 is 9.64 Å². The van der Waals surface area contributed by atoms with Crippen molar-refractivity contribution in [1.82, 2.24) is 0 Å². The second-order valence-electron chi connectivity index (χ2n) is 5.14. The first-order valence-corrected chi connectivity index (χ1v) is 8.26. The van der Waals surface area contributed by atoms with Crippen LogP contribution in [0.15, 0.2) is 24.3 Å². The van der Waals surface area contributed by atoms with Crippen LogP contribution in [0.2, 0.25) is 0 Å². The maximum absolute atomic E-state index is 13.0. The van der Waals surface area contributed by atoms with E-state index in [0.717, 1.165) is 6.42 Å². The fraction of sp³-hybridized carbons (Fsp3) is 0.500. The molecule has 0 aromatic heterocycles. The van der Waals surface area contributed by atoms with Crippen LogP contribution in [0.3, 0.4) is 0 Å². The van der Waals surface area contributed by atoms with E-state index in [0.29, 0.717) is 11.4 Å². The van der Waals surface area contributed by atoms with E-state index in [-0.39, 0.29) is 19.1 Å². The normalized spacial score (nSPS) is 20.6. The van der Waals surface area contributed by atoms with E-state index in [4.69, 9.17) is 4.74 Å². The minimum Gasteiger partial charge on any atom is -0.491 e. The number of hydrogen-bond donors (Lipinski definition) is 0. The molecule has 1 heterocycles. The van der Waals surface area contributed by atoms with E-state index in [2.05, 4.69) is 0 Å². The van der Waals surface area contributed by atoms with Crippen LogP contribution in [-0.4, -0.2) is 32.2 Å². The number of rotatable bonds is 5. The van der Waals surface area contributed by atoms with Crippen LogP contribution >= 0.6 is 0 Å². The molecule has 1 aliphatic rings. The summed E-state index contributed by atoms with van der Waals surface area (Å²) < 4.78 is 40.4. The van der Waals surface area contributed by atoms with Crippen molar-refractivity contribution in [3.63, 3.8) is 0 Å². The highest BCUT2D eigenvalue weighted by molar-refractivity contribution is 7.87. The Hall–Kier alpha value is -1.63. The zero-order valence-corrected chi connectivity index (χ0v) is 12.8. The molecule has 1 amide bonds. The Balaban J connectivity index is 2.11. The van der Waals surface area contributed by atoms with Gasteiger partial charge in [-0.15, -0.1) is 3.89 Å². The first-order valence-electron chi connectivity index (χ1n) is 6.81. The zero-order valence-electron chi connectivity index (χ0n) is 12.0. The van der Waals surface area contributed by atoms with E-state index in [9.17, 15) is 17.1 Å². The fourth-order valence-corrected chi connectivity index (χ4v) is 2.80. The van der Waals surface area contributed by atoms with Gasteiger partial charge in [0.05, 0.1) is 6.10 Å². The lowest BCUT2D eigenvalue weighted by Gasteiger charge is -2.17. The summed E-state index contributed by atoms with van der Waals surface area (Å²) >= 11 is 0. The molecule has 21 heavy (non-hydrogen) atoms. The van der Waals surface area contributed by atoms with Gasteiger partial charge in [-0.2, -0.15) is 8.42 Å². The van der Waals surface area contributed by atoms with Gasteiger partial charge in [0.15, 0.2) is 0 Å². The molecular formula is C14H18FNO4S. The third kappa shape index (κ3) is 3.72. The Morgan fingerprint density at radius 1 is 1.38 bits per heavy atom. The summed E-state index contributed by atoms with van der Waals surface area (Å²) in [6.07, 6.45) is 0.650. The molecule has 2 atom stereocenters. The number of ether oxygens (including phenoxy) is 1. The highest BCUT2D eigenvalue weighted by Crippen LogP contribution is 2.27. The average molecular weight is 315 g/mol. The molecule has 1 saturated heterocycles. The van der Waals surface area contributed by atoms with Crippen LogP contribution in [0.4, 0.5) is 9.57 Å². The van der Waals surface area contributed by atoms with Gasteiger partial charge in [-0.3, -0.25) is 4.79 Å². The van der Waals surface area contributed by atoms with Gasteiger partial charge in [0.25, 0.3) is 0 Å². The molecule has 0 spiro atoms. The molecule has 0 aliphatic carbocycles. The summed E-state index contributed by atoms with van der Waals surface area (Å²) in [7, 11) is -4.69. The number of hydrogen-bond acceptors (Lipinski definition) is 4. The second-order valence-corrected chi connectivity index (χ2v) is 6.75. The maximum Gasteiger partial charge on any atom is 0.307 e. The summed E-state index contributed by atoms with van der Waals surface area (Å²) in [6.45, 7) is 3.82. The minimum absolute atomic E-state index is 0.0883. The Morgan fingerprint density at radius 2 is 2.00 bits per heavy atom. The van der Waals surface area contributed by atoms with Crippen molar-refractivity contribution < 1.29 is 21.8 Å². The van der Waals surface area contributed by atoms with Gasteiger partial charge in [-0.05, 0) is 37.6 Å². The predicted octanol–water partition coefficient (Wildman–Crippen LogP) is 2.27. The lowest BCUT2D eigenvalue weighted by molar-refractivity contribution is -0.117. The Morgan fingerprint density at radius 3 is 2.48 bits per heavy atom. The molecule has 1 fully saturated rings. The van der Waals surface area contributed by atoms with Crippen molar-refractivity contribution in [1.29, 1.82) is 0 Å². The molecule has 116 valence electrons. The molecule has 0 N–H and O–H groups in total. The van der Waals surface area contributed by atoms with E-state index in [1.165, 1.54) is 4.90 Å². The van der Waals surface area contributed by atoms with E-state index in [1.807, 2.05) is 13.8 Å². The molecule has 0 radical (unpaired) electrons. The van der Waals surface area contributed by atoms with Crippen LogP contribution in [0.25, 0.3) is 0 Å². The molecule has 1 aliphatic heterocycles. The summed E-state index contributed by atoms with van der Waals surface area (Å²) in [5, 5.41) is -1.28. The van der Waals surface area contributed by atoms with E-state index < -0.39 is 21.4 Å². The summed E-state index contributed by atoms with van der Waals surface area (Å²) in [6, 6.07) is 6.77. The van der Waals surface area contributed by atoms with Crippen LogP contribution in [0, 0.1) is 0 Å². The van der Waals surface area contributed by atoms with Crippen molar-refractivity contribution in [2.75, 3.05) is 11.4 Å². The first-order chi connectivity index (χ1) is 9.81. The van der Waals surface area contributed by atoms with Crippen LogP contribution < -0.4 is 9.64 Å². The number of nitrogens with zero attached hydrogens (tertiary/aromatic N) is 1. The highest BCUT2D eigenvalue weighted by atomic mass is 32.3. The van der Waals surface area contributed by atoms with E-state index >= 15 is 0 Å². The number of anilines is 1.